The number of fused-ring (bicyclic) bond motifs is 1. The summed E-state index contributed by atoms with van der Waals surface area (Å²) in [5, 5.41) is 0. The average Bonchev–Trinajstić information content (AvgIpc) is 3.32. The van der Waals surface area contributed by atoms with E-state index in [0.29, 0.717) is 32.3 Å². The lowest BCUT2D eigenvalue weighted by Gasteiger charge is -2.60. The van der Waals surface area contributed by atoms with Gasteiger partial charge in [0.05, 0.1) is 26.9 Å². The third kappa shape index (κ3) is 2.07. The Balaban J connectivity index is 1.52. The molecule has 29 heavy (non-hydrogen) atoms. The van der Waals surface area contributed by atoms with E-state index in [2.05, 4.69) is 6.07 Å². The number of amides is 1. The molecule has 1 aromatic rings. The van der Waals surface area contributed by atoms with Gasteiger partial charge in [0, 0.05) is 30.0 Å². The standard InChI is InChI=1S/C22H27NO6/c1-3-26-20(24)23-9-8-21-14-6-7-22(27-10-11-28-22)19(21)29-18-16(25-2)5-4-13(17(18)21)12-15(14)23/h4-5,14-15,19H,3,6-12H2,1-2H3/t14-,15+,19+,21-/m0/s1. The number of carbonyl (C=O) groups excluding carboxylic acids is 1. The first-order valence-electron chi connectivity index (χ1n) is 10.7. The number of nitrogens with zero attached hydrogens (tertiary/aromatic N) is 1. The van der Waals surface area contributed by atoms with Crippen LogP contribution in [0.3, 0.4) is 0 Å². The topological polar surface area (TPSA) is 66.5 Å². The van der Waals surface area contributed by atoms with Crippen LogP contribution in [-0.2, 0) is 26.0 Å². The van der Waals surface area contributed by atoms with Crippen LogP contribution in [0.4, 0.5) is 4.79 Å². The van der Waals surface area contributed by atoms with E-state index in [-0.39, 0.29) is 23.7 Å². The second-order valence-electron chi connectivity index (χ2n) is 8.74. The fraction of sp³-hybridized carbons (Fsp3) is 0.682. The monoisotopic (exact) mass is 401 g/mol. The summed E-state index contributed by atoms with van der Waals surface area (Å²) in [4.78, 5) is 14.7. The summed E-state index contributed by atoms with van der Waals surface area (Å²) in [6, 6.07) is 4.23. The van der Waals surface area contributed by atoms with E-state index < -0.39 is 5.79 Å². The molecule has 2 bridgehead atoms. The number of piperidine rings is 1. The highest BCUT2D eigenvalue weighted by Crippen LogP contribution is 2.66. The molecule has 2 aliphatic carbocycles. The van der Waals surface area contributed by atoms with Gasteiger partial charge in [0.25, 0.3) is 0 Å². The smallest absolute Gasteiger partial charge is 0.410 e. The molecule has 156 valence electrons. The number of ether oxygens (including phenoxy) is 5. The fourth-order valence-corrected chi connectivity index (χ4v) is 6.87. The van der Waals surface area contributed by atoms with E-state index in [1.54, 1.807) is 7.11 Å². The third-order valence-corrected chi connectivity index (χ3v) is 7.80. The quantitative estimate of drug-likeness (QED) is 0.759. The summed E-state index contributed by atoms with van der Waals surface area (Å²) in [6.45, 7) is 4.11. The number of benzene rings is 1. The van der Waals surface area contributed by atoms with E-state index in [4.69, 9.17) is 23.7 Å². The van der Waals surface area contributed by atoms with E-state index in [9.17, 15) is 4.79 Å². The van der Waals surface area contributed by atoms with E-state index in [0.717, 1.165) is 37.2 Å². The summed E-state index contributed by atoms with van der Waals surface area (Å²) < 4.78 is 30.2. The molecule has 4 atom stereocenters. The van der Waals surface area contributed by atoms with Gasteiger partial charge in [-0.1, -0.05) is 6.07 Å². The van der Waals surface area contributed by atoms with Gasteiger partial charge in [-0.15, -0.1) is 0 Å². The Labute approximate surface area is 170 Å². The SMILES string of the molecule is CCOC(=O)N1CC[C@]23c4c5ccc(OC)c4O[C@H]2C2(CC[C@H]3[C@H]1C5)OCCO2. The molecular formula is C22H27NO6. The van der Waals surface area contributed by atoms with Crippen LogP contribution in [0.25, 0.3) is 0 Å². The van der Waals surface area contributed by atoms with Gasteiger partial charge in [-0.05, 0) is 43.7 Å². The molecule has 1 saturated carbocycles. The van der Waals surface area contributed by atoms with Crippen LogP contribution in [0.15, 0.2) is 12.1 Å². The second-order valence-corrected chi connectivity index (χ2v) is 8.74. The van der Waals surface area contributed by atoms with Crippen molar-refractivity contribution in [3.8, 4) is 11.5 Å². The number of likely N-dealkylation sites (tertiary alicyclic amines) is 1. The summed E-state index contributed by atoms with van der Waals surface area (Å²) in [6.07, 6.45) is 2.95. The van der Waals surface area contributed by atoms with Crippen molar-refractivity contribution in [1.29, 1.82) is 0 Å². The van der Waals surface area contributed by atoms with Crippen molar-refractivity contribution in [1.82, 2.24) is 4.90 Å². The average molecular weight is 401 g/mol. The van der Waals surface area contributed by atoms with Crippen LogP contribution < -0.4 is 9.47 Å². The minimum absolute atomic E-state index is 0.111. The predicted octanol–water partition coefficient (Wildman–Crippen LogP) is 2.63. The van der Waals surface area contributed by atoms with Crippen molar-refractivity contribution in [2.24, 2.45) is 5.92 Å². The normalized spacial score (nSPS) is 35.2. The molecule has 3 heterocycles. The maximum atomic E-state index is 12.7. The van der Waals surface area contributed by atoms with Gasteiger partial charge in [-0.2, -0.15) is 0 Å². The molecular weight excluding hydrogens is 374 g/mol. The van der Waals surface area contributed by atoms with Crippen LogP contribution in [0, 0.1) is 5.92 Å². The molecule has 6 rings (SSSR count). The molecule has 7 heteroatoms. The van der Waals surface area contributed by atoms with Gasteiger partial charge < -0.3 is 28.6 Å². The summed E-state index contributed by atoms with van der Waals surface area (Å²) in [5.41, 5.74) is 2.30. The van der Waals surface area contributed by atoms with E-state index in [1.165, 1.54) is 11.1 Å². The predicted molar refractivity (Wildman–Crippen MR) is 102 cm³/mol. The van der Waals surface area contributed by atoms with Crippen LogP contribution in [0.2, 0.25) is 0 Å². The molecule has 0 aromatic heterocycles. The Morgan fingerprint density at radius 3 is 2.86 bits per heavy atom. The van der Waals surface area contributed by atoms with Gasteiger partial charge in [-0.3, -0.25) is 0 Å². The molecule has 3 aliphatic heterocycles. The van der Waals surface area contributed by atoms with Crippen LogP contribution in [0.5, 0.6) is 11.5 Å². The number of methoxy groups -OCH3 is 1. The highest BCUT2D eigenvalue weighted by molar-refractivity contribution is 5.70. The first-order valence-corrected chi connectivity index (χ1v) is 10.7. The van der Waals surface area contributed by atoms with Crippen LogP contribution in [-0.4, -0.2) is 62.4 Å². The Bertz CT molecular complexity index is 865. The Morgan fingerprint density at radius 2 is 2.10 bits per heavy atom. The molecule has 7 nitrogen and oxygen atoms in total. The zero-order valence-corrected chi connectivity index (χ0v) is 16.9. The van der Waals surface area contributed by atoms with Crippen LogP contribution in [0.1, 0.15) is 37.3 Å². The molecule has 5 aliphatic rings. The molecule has 1 aromatic carbocycles. The number of hydrogen-bond acceptors (Lipinski definition) is 6. The fourth-order valence-electron chi connectivity index (χ4n) is 6.87. The van der Waals surface area contributed by atoms with Gasteiger partial charge in [-0.25, -0.2) is 4.79 Å². The van der Waals surface area contributed by atoms with Crippen molar-refractivity contribution in [2.45, 2.75) is 56.0 Å². The minimum atomic E-state index is -0.703. The molecule has 0 radical (unpaired) electrons. The lowest BCUT2D eigenvalue weighted by Crippen LogP contribution is -2.70. The van der Waals surface area contributed by atoms with Gasteiger partial charge in [0.15, 0.2) is 17.6 Å². The summed E-state index contributed by atoms with van der Waals surface area (Å²) in [7, 11) is 1.69. The van der Waals surface area contributed by atoms with Crippen molar-refractivity contribution in [2.75, 3.05) is 33.5 Å². The zero-order valence-electron chi connectivity index (χ0n) is 16.9. The summed E-state index contributed by atoms with van der Waals surface area (Å²) >= 11 is 0. The second kappa shape index (κ2) is 6.01. The number of hydrogen-bond donors (Lipinski definition) is 0. The first kappa shape index (κ1) is 17.8. The van der Waals surface area contributed by atoms with Crippen molar-refractivity contribution in [3.63, 3.8) is 0 Å². The Kier molecular flexibility index (Phi) is 3.70. The maximum Gasteiger partial charge on any atom is 0.410 e. The number of carbonyl (C=O) groups is 1. The Morgan fingerprint density at radius 1 is 1.28 bits per heavy atom. The summed E-state index contributed by atoms with van der Waals surface area (Å²) in [5.74, 6) is 1.21. The van der Waals surface area contributed by atoms with Gasteiger partial charge in [0.1, 0.15) is 0 Å². The first-order chi connectivity index (χ1) is 14.1. The largest absolute Gasteiger partial charge is 0.493 e. The lowest BCUT2D eigenvalue weighted by atomic mass is 9.50. The molecule has 2 spiro atoms. The van der Waals surface area contributed by atoms with Gasteiger partial charge >= 0.3 is 6.09 Å². The molecule has 2 saturated heterocycles. The van der Waals surface area contributed by atoms with Gasteiger partial charge in [0.2, 0.25) is 5.79 Å². The molecule has 1 amide bonds. The minimum Gasteiger partial charge on any atom is -0.493 e. The molecule has 3 fully saturated rings. The van der Waals surface area contributed by atoms with Crippen molar-refractivity contribution < 1.29 is 28.5 Å². The zero-order chi connectivity index (χ0) is 19.8. The lowest BCUT2D eigenvalue weighted by molar-refractivity contribution is -0.260. The highest BCUT2D eigenvalue weighted by atomic mass is 16.8. The number of rotatable bonds is 2. The molecule has 0 N–H and O–H groups in total. The Hall–Kier alpha value is -1.99. The van der Waals surface area contributed by atoms with Crippen LogP contribution >= 0.6 is 0 Å². The van der Waals surface area contributed by atoms with Crippen molar-refractivity contribution in [3.05, 3.63) is 23.3 Å². The molecule has 0 unspecified atom stereocenters. The highest BCUT2D eigenvalue weighted by Gasteiger charge is 2.72. The van der Waals surface area contributed by atoms with E-state index >= 15 is 0 Å². The van der Waals surface area contributed by atoms with Crippen molar-refractivity contribution >= 4 is 6.09 Å². The maximum absolute atomic E-state index is 12.7. The van der Waals surface area contributed by atoms with E-state index in [1.807, 2.05) is 17.9 Å². The third-order valence-electron chi connectivity index (χ3n) is 7.80.